The van der Waals surface area contributed by atoms with Gasteiger partial charge in [-0.1, -0.05) is 0 Å². The van der Waals surface area contributed by atoms with Crippen molar-refractivity contribution in [2.24, 2.45) is 0 Å². The number of Topliss-reactive ketones (excluding diaryl/α,β-unsaturated/α-hetero) is 1. The van der Waals surface area contributed by atoms with Gasteiger partial charge in [-0.3, -0.25) is 9.59 Å². The maximum atomic E-state index is 11.8. The molecule has 140 valence electrons. The summed E-state index contributed by atoms with van der Waals surface area (Å²) in [5.41, 5.74) is -2.06. The van der Waals surface area contributed by atoms with Gasteiger partial charge in [0, 0.05) is 24.1 Å². The molecule has 9 nitrogen and oxygen atoms in total. The maximum Gasteiger partial charge on any atom is 0.329 e. The van der Waals surface area contributed by atoms with Gasteiger partial charge in [0.05, 0.1) is 5.56 Å². The van der Waals surface area contributed by atoms with Crippen LogP contribution in [0.5, 0.6) is 11.5 Å². The average molecular weight is 365 g/mol. The standard InChI is InChI=1S/C17H19NO8/c1-8-6-10(9(2)19)15(24)11(14(8)23)7-17(3,16(25)26)18-12(20)4-5-13(21)22/h4-6,23-24H,7H2,1-3H3,(H,18,20)(H,21,22)(H,25,26). The predicted molar refractivity (Wildman–Crippen MR) is 89.2 cm³/mol. The Kier molecular flexibility index (Phi) is 6.11. The van der Waals surface area contributed by atoms with Gasteiger partial charge >= 0.3 is 11.9 Å². The molecule has 1 aromatic carbocycles. The van der Waals surface area contributed by atoms with E-state index in [0.29, 0.717) is 12.2 Å². The monoisotopic (exact) mass is 365 g/mol. The van der Waals surface area contributed by atoms with E-state index in [1.54, 1.807) is 0 Å². The molecule has 9 heteroatoms. The molecular weight excluding hydrogens is 346 g/mol. The summed E-state index contributed by atoms with van der Waals surface area (Å²) in [4.78, 5) is 45.5. The Morgan fingerprint density at radius 2 is 1.69 bits per heavy atom. The average Bonchev–Trinajstić information content (AvgIpc) is 2.52. The summed E-state index contributed by atoms with van der Waals surface area (Å²) in [5.74, 6) is -5.34. The first-order chi connectivity index (χ1) is 11.9. The number of aryl methyl sites for hydroxylation is 1. The van der Waals surface area contributed by atoms with Gasteiger partial charge in [-0.2, -0.15) is 0 Å². The van der Waals surface area contributed by atoms with Crippen LogP contribution in [0, 0.1) is 6.92 Å². The number of hydrogen-bond donors (Lipinski definition) is 5. The summed E-state index contributed by atoms with van der Waals surface area (Å²) in [6.45, 7) is 3.79. The van der Waals surface area contributed by atoms with E-state index in [0.717, 1.165) is 6.92 Å². The van der Waals surface area contributed by atoms with Crippen molar-refractivity contribution in [1.82, 2.24) is 5.32 Å². The fourth-order valence-corrected chi connectivity index (χ4v) is 2.29. The quantitative estimate of drug-likeness (QED) is 0.349. The lowest BCUT2D eigenvalue weighted by molar-refractivity contribution is -0.146. The third-order valence-electron chi connectivity index (χ3n) is 3.72. The fraction of sp³-hybridized carbons (Fsp3) is 0.294. The molecule has 0 heterocycles. The normalized spacial score (nSPS) is 13.2. The van der Waals surface area contributed by atoms with E-state index in [1.165, 1.54) is 19.9 Å². The van der Waals surface area contributed by atoms with Crippen LogP contribution in [0.1, 0.15) is 35.3 Å². The molecule has 0 spiro atoms. The van der Waals surface area contributed by atoms with Crippen LogP contribution < -0.4 is 5.32 Å². The number of carbonyl (C=O) groups is 4. The number of amides is 1. The Morgan fingerprint density at radius 3 is 2.15 bits per heavy atom. The van der Waals surface area contributed by atoms with Crippen LogP contribution >= 0.6 is 0 Å². The van der Waals surface area contributed by atoms with E-state index in [9.17, 15) is 34.5 Å². The van der Waals surface area contributed by atoms with Crippen molar-refractivity contribution in [3.63, 3.8) is 0 Å². The van der Waals surface area contributed by atoms with Crippen molar-refractivity contribution in [2.75, 3.05) is 0 Å². The van der Waals surface area contributed by atoms with Crippen LogP contribution in [0.3, 0.4) is 0 Å². The molecule has 0 radical (unpaired) electrons. The minimum absolute atomic E-state index is 0.0971. The van der Waals surface area contributed by atoms with Crippen molar-refractivity contribution in [3.05, 3.63) is 34.9 Å². The van der Waals surface area contributed by atoms with Gasteiger partial charge in [0.2, 0.25) is 5.91 Å². The molecule has 0 aliphatic rings. The van der Waals surface area contributed by atoms with Crippen LogP contribution in [-0.2, 0) is 20.8 Å². The van der Waals surface area contributed by atoms with E-state index >= 15 is 0 Å². The summed E-state index contributed by atoms with van der Waals surface area (Å²) in [7, 11) is 0. The SMILES string of the molecule is CC(=O)c1cc(C)c(O)c(CC(C)(NC(=O)C=CC(=O)O)C(=O)O)c1O. The molecule has 26 heavy (non-hydrogen) atoms. The van der Waals surface area contributed by atoms with Crippen LogP contribution in [0.15, 0.2) is 18.2 Å². The maximum absolute atomic E-state index is 11.8. The summed E-state index contributed by atoms with van der Waals surface area (Å²) < 4.78 is 0. The topological polar surface area (TPSA) is 161 Å². The summed E-state index contributed by atoms with van der Waals surface area (Å²) >= 11 is 0. The van der Waals surface area contributed by atoms with Crippen LogP contribution in [0.4, 0.5) is 0 Å². The fourth-order valence-electron chi connectivity index (χ4n) is 2.29. The Bertz CT molecular complexity index is 811. The molecule has 1 unspecified atom stereocenters. The van der Waals surface area contributed by atoms with Gasteiger partial charge in [0.1, 0.15) is 17.0 Å². The molecule has 0 aromatic heterocycles. The van der Waals surface area contributed by atoms with Crippen LogP contribution in [0.25, 0.3) is 0 Å². The molecule has 1 amide bonds. The Morgan fingerprint density at radius 1 is 1.12 bits per heavy atom. The van der Waals surface area contributed by atoms with Gasteiger partial charge in [0.15, 0.2) is 5.78 Å². The molecule has 1 atom stereocenters. The smallest absolute Gasteiger partial charge is 0.329 e. The molecule has 0 bridgehead atoms. The second-order valence-corrected chi connectivity index (χ2v) is 5.95. The van der Waals surface area contributed by atoms with E-state index in [2.05, 4.69) is 5.32 Å². The first kappa shape index (κ1) is 20.7. The number of carbonyl (C=O) groups excluding carboxylic acids is 2. The Hall–Kier alpha value is -3.36. The lowest BCUT2D eigenvalue weighted by atomic mass is 9.88. The minimum atomic E-state index is -1.99. The number of ketones is 1. The largest absolute Gasteiger partial charge is 0.507 e. The van der Waals surface area contributed by atoms with Crippen LogP contribution in [-0.4, -0.2) is 49.6 Å². The van der Waals surface area contributed by atoms with E-state index in [1.807, 2.05) is 0 Å². The number of aromatic hydroxyl groups is 2. The number of phenolic OH excluding ortho intramolecular Hbond substituents is 2. The Labute approximate surface area is 148 Å². The van der Waals surface area contributed by atoms with Crippen molar-refractivity contribution in [1.29, 1.82) is 0 Å². The zero-order valence-corrected chi connectivity index (χ0v) is 14.4. The number of rotatable bonds is 7. The molecule has 1 rings (SSSR count). The van der Waals surface area contributed by atoms with Crippen molar-refractivity contribution >= 4 is 23.6 Å². The molecular formula is C17H19NO8. The summed E-state index contributed by atoms with van der Waals surface area (Å²) in [6.07, 6.45) is 0.627. The van der Waals surface area contributed by atoms with E-state index < -0.39 is 47.1 Å². The number of phenols is 2. The molecule has 0 saturated carbocycles. The zero-order chi connectivity index (χ0) is 20.2. The minimum Gasteiger partial charge on any atom is -0.507 e. The highest BCUT2D eigenvalue weighted by molar-refractivity contribution is 5.99. The van der Waals surface area contributed by atoms with Gasteiger partial charge in [-0.05, 0) is 32.4 Å². The summed E-state index contributed by atoms with van der Waals surface area (Å²) in [6, 6.07) is 1.27. The first-order valence-electron chi connectivity index (χ1n) is 7.41. The second kappa shape index (κ2) is 7.68. The van der Waals surface area contributed by atoms with Gasteiger partial charge in [-0.15, -0.1) is 0 Å². The van der Waals surface area contributed by atoms with Gasteiger partial charge in [0.25, 0.3) is 0 Å². The summed E-state index contributed by atoms with van der Waals surface area (Å²) in [5, 5.41) is 40.5. The number of nitrogens with one attached hydrogen (secondary N) is 1. The van der Waals surface area contributed by atoms with Gasteiger partial charge < -0.3 is 25.7 Å². The van der Waals surface area contributed by atoms with E-state index in [4.69, 9.17) is 5.11 Å². The first-order valence-corrected chi connectivity index (χ1v) is 7.41. The molecule has 0 aliphatic carbocycles. The molecule has 0 saturated heterocycles. The number of carboxylic acid groups (broad SMARTS) is 2. The third kappa shape index (κ3) is 4.59. The molecule has 0 fully saturated rings. The number of benzene rings is 1. The highest BCUT2D eigenvalue weighted by Crippen LogP contribution is 2.36. The highest BCUT2D eigenvalue weighted by Gasteiger charge is 2.37. The lowest BCUT2D eigenvalue weighted by Crippen LogP contribution is -2.53. The zero-order valence-electron chi connectivity index (χ0n) is 14.4. The highest BCUT2D eigenvalue weighted by atomic mass is 16.4. The van der Waals surface area contributed by atoms with Gasteiger partial charge in [-0.25, -0.2) is 9.59 Å². The second-order valence-electron chi connectivity index (χ2n) is 5.95. The molecule has 0 aliphatic heterocycles. The third-order valence-corrected chi connectivity index (χ3v) is 3.72. The van der Waals surface area contributed by atoms with E-state index in [-0.39, 0.29) is 16.7 Å². The van der Waals surface area contributed by atoms with Crippen molar-refractivity contribution in [2.45, 2.75) is 32.7 Å². The number of carboxylic acids is 2. The molecule has 1 aromatic rings. The number of hydrogen-bond acceptors (Lipinski definition) is 6. The Balaban J connectivity index is 3.34. The van der Waals surface area contributed by atoms with Crippen molar-refractivity contribution < 1.29 is 39.6 Å². The molecule has 5 N–H and O–H groups in total. The van der Waals surface area contributed by atoms with Crippen molar-refractivity contribution in [3.8, 4) is 11.5 Å². The lowest BCUT2D eigenvalue weighted by Gasteiger charge is -2.27. The predicted octanol–water partition coefficient (Wildman–Crippen LogP) is 0.752. The number of aliphatic carboxylic acids is 2. The van der Waals surface area contributed by atoms with Crippen LogP contribution in [0.2, 0.25) is 0 Å².